The summed E-state index contributed by atoms with van der Waals surface area (Å²) >= 11 is 0. The number of ether oxygens (including phenoxy) is 2. The van der Waals surface area contributed by atoms with Crippen LogP contribution in [0.25, 0.3) is 0 Å². The molecule has 2 bridgehead atoms. The number of methoxy groups -OCH3 is 2. The fraction of sp³-hybridized carbons (Fsp3) is 0.519. The fourth-order valence-electron chi connectivity index (χ4n) is 6.04. The number of nitrogens with zero attached hydrogens (tertiary/aromatic N) is 3. The maximum absolute atomic E-state index is 12.2. The highest BCUT2D eigenvalue weighted by Crippen LogP contribution is 2.48. The normalized spacial score (nSPS) is 33.3. The Morgan fingerprint density at radius 1 is 1.06 bits per heavy atom. The molecule has 0 saturated carbocycles. The second-order valence-corrected chi connectivity index (χ2v) is 9.48. The van der Waals surface area contributed by atoms with Crippen LogP contribution in [0.1, 0.15) is 29.7 Å². The first-order chi connectivity index (χ1) is 16.1. The third-order valence-electron chi connectivity index (χ3n) is 7.84. The molecule has 1 aromatic heterocycles. The Morgan fingerprint density at radius 2 is 1.73 bits per heavy atom. The molecule has 6 nitrogen and oxygen atoms in total. The van der Waals surface area contributed by atoms with E-state index in [0.717, 1.165) is 61.7 Å². The van der Waals surface area contributed by atoms with E-state index < -0.39 is 5.60 Å². The molecule has 2 aromatic rings. The summed E-state index contributed by atoms with van der Waals surface area (Å²) < 4.78 is 11.3. The molecule has 4 fully saturated rings. The molecule has 6 rings (SSSR count). The summed E-state index contributed by atoms with van der Waals surface area (Å²) in [5.74, 6) is 3.95. The van der Waals surface area contributed by atoms with E-state index in [1.165, 1.54) is 0 Å². The van der Waals surface area contributed by atoms with Crippen molar-refractivity contribution in [2.24, 2.45) is 5.92 Å². The number of piperidine rings is 3. The zero-order chi connectivity index (χ0) is 23.0. The average Bonchev–Trinajstić information content (AvgIpc) is 3.29. The number of hydrogen-bond donors (Lipinski definition) is 1. The first kappa shape index (κ1) is 22.4. The van der Waals surface area contributed by atoms with Crippen LogP contribution in [0.3, 0.4) is 0 Å². The van der Waals surface area contributed by atoms with E-state index in [4.69, 9.17) is 20.9 Å². The van der Waals surface area contributed by atoms with Gasteiger partial charge in [0.2, 0.25) is 0 Å². The van der Waals surface area contributed by atoms with Gasteiger partial charge in [0, 0.05) is 39.3 Å². The minimum absolute atomic E-state index is 0.00549. The Bertz CT molecular complexity index is 1000. The summed E-state index contributed by atoms with van der Waals surface area (Å²) in [5.41, 5.74) is 1.84. The number of rotatable bonds is 6. The van der Waals surface area contributed by atoms with Crippen molar-refractivity contribution in [2.45, 2.75) is 43.1 Å². The summed E-state index contributed by atoms with van der Waals surface area (Å²) in [6.45, 7) is 3.34. The van der Waals surface area contributed by atoms with Gasteiger partial charge in [-0.05, 0) is 43.5 Å². The van der Waals surface area contributed by atoms with Crippen LogP contribution in [0.4, 0.5) is 5.82 Å². The first-order valence-electron chi connectivity index (χ1n) is 11.9. The van der Waals surface area contributed by atoms with Crippen LogP contribution in [0.15, 0.2) is 42.5 Å². The van der Waals surface area contributed by atoms with Gasteiger partial charge in [-0.15, -0.1) is 6.42 Å². The second-order valence-electron chi connectivity index (χ2n) is 9.48. The van der Waals surface area contributed by atoms with E-state index in [0.29, 0.717) is 6.42 Å². The molecule has 1 aromatic carbocycles. The number of terminal acetylenes is 1. The van der Waals surface area contributed by atoms with Crippen molar-refractivity contribution in [3.8, 4) is 12.3 Å². The highest BCUT2D eigenvalue weighted by molar-refractivity contribution is 5.48. The molecule has 1 unspecified atom stereocenters. The van der Waals surface area contributed by atoms with Crippen LogP contribution in [0, 0.1) is 18.3 Å². The smallest absolute Gasteiger partial charge is 0.129 e. The lowest BCUT2D eigenvalue weighted by molar-refractivity contribution is -0.143. The topological polar surface area (TPSA) is 58.1 Å². The molecule has 174 valence electrons. The van der Waals surface area contributed by atoms with E-state index in [2.05, 4.69) is 33.9 Å². The largest absolute Gasteiger partial charge is 0.382 e. The fourth-order valence-corrected chi connectivity index (χ4v) is 6.04. The van der Waals surface area contributed by atoms with Crippen molar-refractivity contribution >= 4 is 5.82 Å². The summed E-state index contributed by atoms with van der Waals surface area (Å²) in [6.07, 6.45) is 8.56. The van der Waals surface area contributed by atoms with Crippen molar-refractivity contribution in [3.63, 3.8) is 0 Å². The molecular formula is C27H33N3O3. The summed E-state index contributed by atoms with van der Waals surface area (Å²) in [5, 5.41) is 12.2. The molecular weight excluding hydrogens is 414 g/mol. The van der Waals surface area contributed by atoms with E-state index in [-0.39, 0.29) is 24.2 Å². The molecule has 1 N–H and O–H groups in total. The van der Waals surface area contributed by atoms with Gasteiger partial charge < -0.3 is 19.5 Å². The first-order valence-corrected chi connectivity index (χ1v) is 11.9. The van der Waals surface area contributed by atoms with Crippen LogP contribution >= 0.6 is 0 Å². The molecule has 4 aliphatic heterocycles. The zero-order valence-corrected chi connectivity index (χ0v) is 19.5. The molecule has 0 amide bonds. The molecule has 4 saturated heterocycles. The monoisotopic (exact) mass is 447 g/mol. The number of anilines is 1. The van der Waals surface area contributed by atoms with Gasteiger partial charge in [-0.2, -0.15) is 0 Å². The van der Waals surface area contributed by atoms with Crippen LogP contribution in [-0.4, -0.2) is 73.6 Å². The van der Waals surface area contributed by atoms with E-state index in [9.17, 15) is 5.11 Å². The van der Waals surface area contributed by atoms with Gasteiger partial charge >= 0.3 is 0 Å². The lowest BCUT2D eigenvalue weighted by Crippen LogP contribution is -2.63. The number of aromatic nitrogens is 1. The molecule has 4 aliphatic rings. The molecule has 0 spiro atoms. The quantitative estimate of drug-likeness (QED) is 0.687. The van der Waals surface area contributed by atoms with Crippen molar-refractivity contribution in [1.82, 2.24) is 9.88 Å². The van der Waals surface area contributed by atoms with Gasteiger partial charge in [0.15, 0.2) is 0 Å². The number of fused-ring (bicyclic) bond motifs is 3. The molecule has 33 heavy (non-hydrogen) atoms. The van der Waals surface area contributed by atoms with Crippen molar-refractivity contribution in [2.75, 3.05) is 45.3 Å². The second kappa shape index (κ2) is 9.08. The highest BCUT2D eigenvalue weighted by Gasteiger charge is 2.54. The molecule has 0 radical (unpaired) electrons. The summed E-state index contributed by atoms with van der Waals surface area (Å²) in [7, 11) is 3.45. The van der Waals surface area contributed by atoms with E-state index >= 15 is 0 Å². The maximum Gasteiger partial charge on any atom is 0.129 e. The van der Waals surface area contributed by atoms with Crippen LogP contribution < -0.4 is 4.90 Å². The van der Waals surface area contributed by atoms with E-state index in [1.807, 2.05) is 24.3 Å². The predicted molar refractivity (Wildman–Crippen MR) is 128 cm³/mol. The summed E-state index contributed by atoms with van der Waals surface area (Å²) in [6, 6.07) is 14.1. The third kappa shape index (κ3) is 3.83. The Morgan fingerprint density at radius 3 is 2.33 bits per heavy atom. The highest BCUT2D eigenvalue weighted by atomic mass is 16.5. The molecule has 4 atom stereocenters. The number of aliphatic hydroxyl groups is 1. The Labute approximate surface area is 196 Å². The number of benzene rings is 1. The predicted octanol–water partition coefficient (Wildman–Crippen LogP) is 2.44. The minimum Gasteiger partial charge on any atom is -0.382 e. The number of hydrogen-bond acceptors (Lipinski definition) is 6. The standard InChI is InChI=1S/C27H33N3O3/c1-4-25-27(31,20-12-14-29(25)15-13-20)21-10-11-26(30-17-23(32-2)24(18-30)33-3)28-22(21)16-19-8-6-5-7-9-19/h1,5-11,20,23-25,31H,12-18H2,2-3H3/t23-,24+,25?,27-/m1/s1. The van der Waals surface area contributed by atoms with Gasteiger partial charge in [-0.1, -0.05) is 42.3 Å². The van der Waals surface area contributed by atoms with E-state index in [1.54, 1.807) is 14.2 Å². The van der Waals surface area contributed by atoms with Crippen LogP contribution in [0.5, 0.6) is 0 Å². The van der Waals surface area contributed by atoms with Crippen molar-refractivity contribution in [3.05, 3.63) is 59.3 Å². The van der Waals surface area contributed by atoms with Crippen molar-refractivity contribution < 1.29 is 14.6 Å². The SMILES string of the molecule is C#CC1N2CCC(CC2)[C@@]1(O)c1ccc(N2C[C@H](OC)[C@H](OC)C2)nc1Cc1ccccc1. The van der Waals surface area contributed by atoms with Crippen LogP contribution in [-0.2, 0) is 21.5 Å². The lowest BCUT2D eigenvalue weighted by Gasteiger charge is -2.54. The Balaban J connectivity index is 1.56. The lowest BCUT2D eigenvalue weighted by atomic mass is 9.66. The molecule has 6 heteroatoms. The van der Waals surface area contributed by atoms with Crippen LogP contribution in [0.2, 0.25) is 0 Å². The van der Waals surface area contributed by atoms with Gasteiger partial charge in [-0.25, -0.2) is 4.98 Å². The minimum atomic E-state index is -1.09. The Kier molecular flexibility index (Phi) is 6.15. The maximum atomic E-state index is 12.2. The zero-order valence-electron chi connectivity index (χ0n) is 19.5. The number of pyridine rings is 1. The molecule has 0 aliphatic carbocycles. The third-order valence-corrected chi connectivity index (χ3v) is 7.84. The van der Waals surface area contributed by atoms with Gasteiger partial charge in [0.25, 0.3) is 0 Å². The van der Waals surface area contributed by atoms with Gasteiger partial charge in [-0.3, -0.25) is 4.90 Å². The average molecular weight is 448 g/mol. The molecule has 5 heterocycles. The van der Waals surface area contributed by atoms with Gasteiger partial charge in [0.1, 0.15) is 29.7 Å². The summed E-state index contributed by atoms with van der Waals surface area (Å²) in [4.78, 5) is 9.59. The van der Waals surface area contributed by atoms with Crippen molar-refractivity contribution in [1.29, 1.82) is 0 Å². The Hall–Kier alpha value is -2.43. The van der Waals surface area contributed by atoms with Gasteiger partial charge in [0.05, 0.1) is 5.69 Å².